The van der Waals surface area contributed by atoms with Crippen LogP contribution in [-0.2, 0) is 71.9 Å². The van der Waals surface area contributed by atoms with Gasteiger partial charge in [0.25, 0.3) is 0 Å². The minimum Gasteiger partial charge on any atom is -0.469 e. The number of hydrogen-bond acceptors (Lipinski definition) is 22. The second-order valence-corrected chi connectivity index (χ2v) is 15.7. The van der Waals surface area contributed by atoms with Crippen molar-refractivity contribution >= 4 is 32.7 Å². The van der Waals surface area contributed by atoms with Crippen molar-refractivity contribution in [3.8, 4) is 0 Å². The van der Waals surface area contributed by atoms with Crippen molar-refractivity contribution in [3.05, 3.63) is 0 Å². The molecule has 1 amide bonds. The Morgan fingerprint density at radius 2 is 1.37 bits per heavy atom. The number of amides is 1. The molecule has 3 rings (SSSR count). The summed E-state index contributed by atoms with van der Waals surface area (Å²) in [6.45, 7) is -0.323. The summed E-state index contributed by atoms with van der Waals surface area (Å²) in [5.41, 5.74) is -2.98. The Morgan fingerprint density at radius 1 is 0.754 bits per heavy atom. The van der Waals surface area contributed by atoms with Crippen LogP contribution in [-0.4, -0.2) is 192 Å². The summed E-state index contributed by atoms with van der Waals surface area (Å²) >= 11 is 0. The van der Waals surface area contributed by atoms with Crippen LogP contribution < -0.4 is 5.32 Å². The summed E-state index contributed by atoms with van der Waals surface area (Å²) in [5, 5.41) is 77.5. The van der Waals surface area contributed by atoms with Crippen LogP contribution in [0.15, 0.2) is 0 Å². The van der Waals surface area contributed by atoms with Gasteiger partial charge in [-0.15, -0.1) is 0 Å². The monoisotopic (exact) mass is 875 g/mol. The van der Waals surface area contributed by atoms with Crippen LogP contribution >= 0.6 is 0 Å². The highest BCUT2D eigenvalue weighted by molar-refractivity contribution is 7.81. The molecule has 3 saturated heterocycles. The number of hydrogen-bond donors (Lipinski definition) is 10. The molecule has 0 aliphatic carbocycles. The number of aliphatic hydroxyl groups excluding tert-OH is 6. The molecule has 334 valence electrons. The third-order valence-corrected chi connectivity index (χ3v) is 10.1. The quantitative estimate of drug-likeness (QED) is 0.0225. The highest BCUT2D eigenvalue weighted by atomic mass is 32.3. The summed E-state index contributed by atoms with van der Waals surface area (Å²) in [7, 11) is -9.41. The smallest absolute Gasteiger partial charge is 0.397 e. The number of ether oxygens (including phenoxy) is 7. The predicted octanol–water partition coefficient (Wildman–Crippen LogP) is -4.50. The summed E-state index contributed by atoms with van der Waals surface area (Å²) in [4.78, 5) is 24.0. The summed E-state index contributed by atoms with van der Waals surface area (Å²) in [6.07, 6.45) is -24.6. The summed E-state index contributed by atoms with van der Waals surface area (Å²) < 4.78 is 113. The van der Waals surface area contributed by atoms with Crippen LogP contribution in [0.25, 0.3) is 0 Å². The SMILES string of the molecule is COC(=O)CCCCCCCCO[C@@H]1O[C@H](COS(=O)(=O)O)[C@@H](O[C@@H]2O[C@H](CO)[C@H](O)[C@H](OS(=O)(=O)O)[C@H]2O)[C@H](O[C@@H]2O[C@@H](C)[C@@H](O)[C@@H](O)[C@@H]2O)[C@]1(O)NC(C)=O. The fourth-order valence-corrected chi connectivity index (χ4v) is 7.16. The molecule has 10 N–H and O–H groups in total. The third kappa shape index (κ3) is 14.1. The van der Waals surface area contributed by atoms with Crippen molar-refractivity contribution in [2.45, 2.75) is 151 Å². The molecule has 3 aliphatic rings. The molecule has 0 saturated carbocycles. The van der Waals surface area contributed by atoms with Crippen molar-refractivity contribution in [3.63, 3.8) is 0 Å². The standard InChI is InChI=1S/C30H53NO24S2/c1-14-19(35)21(37)22(38)27(50-14)54-26-24(53-28-23(39)25(55-57(44,45)46)20(36)16(12-32)51-28)17(13-49-56(41,42)43)52-29(30(26,40)31-15(2)33)48-11-9-7-5-4-6-8-10-18(34)47-3/h14,16-17,19-29,32,35-40H,4-13H2,1-3H3,(H,31,33)(H,41,42,43)(H,44,45,46)/t14-,16+,17+,19+,20-,21+,22-,23+,24+,25-,26-,27-,28-,29+,30+/m0/s1. The molecule has 15 atom stereocenters. The second-order valence-electron chi connectivity index (χ2n) is 13.6. The first-order valence-electron chi connectivity index (χ1n) is 17.8. The van der Waals surface area contributed by atoms with Crippen molar-refractivity contribution in [2.75, 3.05) is 26.9 Å². The van der Waals surface area contributed by atoms with Crippen molar-refractivity contribution in [1.29, 1.82) is 0 Å². The third-order valence-electron chi connectivity index (χ3n) is 9.22. The van der Waals surface area contributed by atoms with E-state index in [9.17, 15) is 71.3 Å². The molecule has 3 aliphatic heterocycles. The van der Waals surface area contributed by atoms with E-state index in [1.165, 1.54) is 14.0 Å². The molecule has 0 radical (unpaired) electrons. The van der Waals surface area contributed by atoms with Crippen LogP contribution in [0.4, 0.5) is 0 Å². The minimum absolute atomic E-state index is 0.210. The largest absolute Gasteiger partial charge is 0.469 e. The van der Waals surface area contributed by atoms with Crippen molar-refractivity contribution < 1.29 is 113 Å². The van der Waals surface area contributed by atoms with Gasteiger partial charge in [-0.2, -0.15) is 16.8 Å². The van der Waals surface area contributed by atoms with Crippen LogP contribution in [0.1, 0.15) is 58.8 Å². The number of aliphatic hydroxyl groups is 7. The molecule has 0 aromatic heterocycles. The van der Waals surface area contributed by atoms with Crippen LogP contribution in [0.3, 0.4) is 0 Å². The number of methoxy groups -OCH3 is 1. The Bertz CT molecular complexity index is 1510. The average Bonchev–Trinajstić information content (AvgIpc) is 3.11. The number of carbonyl (C=O) groups excluding carboxylic acids is 2. The zero-order chi connectivity index (χ0) is 42.9. The van der Waals surface area contributed by atoms with Crippen LogP contribution in [0.5, 0.6) is 0 Å². The average molecular weight is 876 g/mol. The van der Waals surface area contributed by atoms with E-state index in [1.807, 2.05) is 0 Å². The molecule has 3 heterocycles. The van der Waals surface area contributed by atoms with Gasteiger partial charge < -0.3 is 74.2 Å². The Kier molecular flexibility index (Phi) is 18.8. The zero-order valence-corrected chi connectivity index (χ0v) is 32.8. The number of rotatable bonds is 21. The molecular formula is C30H53NO24S2. The van der Waals surface area contributed by atoms with Crippen LogP contribution in [0, 0.1) is 0 Å². The Hall–Kier alpha value is -1.84. The molecule has 0 aromatic rings. The lowest BCUT2D eigenvalue weighted by atomic mass is 9.91. The second kappa shape index (κ2) is 21.6. The highest BCUT2D eigenvalue weighted by Gasteiger charge is 2.62. The molecule has 0 bridgehead atoms. The van der Waals surface area contributed by atoms with Gasteiger partial charge in [-0.05, 0) is 19.8 Å². The van der Waals surface area contributed by atoms with E-state index in [2.05, 4.69) is 18.4 Å². The maximum Gasteiger partial charge on any atom is 0.397 e. The Balaban J connectivity index is 2.03. The minimum atomic E-state index is -5.41. The van der Waals surface area contributed by atoms with Gasteiger partial charge in [-0.25, -0.2) is 8.37 Å². The fourth-order valence-electron chi connectivity index (χ4n) is 6.34. The number of unbranched alkanes of at least 4 members (excludes halogenated alkanes) is 5. The van der Waals surface area contributed by atoms with Crippen molar-refractivity contribution in [1.82, 2.24) is 5.32 Å². The normalized spacial score (nSPS) is 37.8. The maximum atomic E-state index is 12.6. The van der Waals surface area contributed by atoms with Gasteiger partial charge in [-0.1, -0.05) is 25.7 Å². The lowest BCUT2D eigenvalue weighted by Gasteiger charge is -2.53. The van der Waals surface area contributed by atoms with Gasteiger partial charge in [0.15, 0.2) is 12.6 Å². The first kappa shape index (κ1) is 49.5. The van der Waals surface area contributed by atoms with Gasteiger partial charge in [0.05, 0.1) is 26.4 Å². The maximum absolute atomic E-state index is 12.6. The van der Waals surface area contributed by atoms with E-state index in [0.29, 0.717) is 25.7 Å². The van der Waals surface area contributed by atoms with E-state index in [4.69, 9.17) is 28.4 Å². The molecule has 25 nitrogen and oxygen atoms in total. The van der Waals surface area contributed by atoms with E-state index < -0.39 is 132 Å². The van der Waals surface area contributed by atoms with Gasteiger partial charge in [-0.3, -0.25) is 18.7 Å². The lowest BCUT2D eigenvalue weighted by Crippen LogP contribution is -2.76. The first-order valence-corrected chi connectivity index (χ1v) is 20.5. The van der Waals surface area contributed by atoms with E-state index >= 15 is 0 Å². The number of esters is 1. The summed E-state index contributed by atoms with van der Waals surface area (Å²) in [6, 6.07) is 0. The van der Waals surface area contributed by atoms with Gasteiger partial charge in [0.1, 0.15) is 61.0 Å². The van der Waals surface area contributed by atoms with Gasteiger partial charge >= 0.3 is 26.8 Å². The van der Waals surface area contributed by atoms with Crippen LogP contribution in [0.2, 0.25) is 0 Å². The zero-order valence-electron chi connectivity index (χ0n) is 31.1. The van der Waals surface area contributed by atoms with E-state index in [-0.39, 0.29) is 19.0 Å². The van der Waals surface area contributed by atoms with E-state index in [0.717, 1.165) is 19.8 Å². The molecule has 57 heavy (non-hydrogen) atoms. The molecule has 3 fully saturated rings. The van der Waals surface area contributed by atoms with E-state index in [1.54, 1.807) is 0 Å². The van der Waals surface area contributed by atoms with Gasteiger partial charge in [0, 0.05) is 20.0 Å². The predicted molar refractivity (Wildman–Crippen MR) is 181 cm³/mol. The number of nitrogens with one attached hydrogen (secondary N) is 1. The first-order chi connectivity index (χ1) is 26.5. The highest BCUT2D eigenvalue weighted by Crippen LogP contribution is 2.38. The molecular weight excluding hydrogens is 822 g/mol. The summed E-state index contributed by atoms with van der Waals surface area (Å²) in [5.74, 6) is -1.33. The topological polar surface area (TPSA) is 380 Å². The number of carbonyl (C=O) groups is 2. The fraction of sp³-hybridized carbons (Fsp3) is 0.933. The molecule has 0 unspecified atom stereocenters. The Labute approximate surface area is 327 Å². The Morgan fingerprint density at radius 3 is 1.95 bits per heavy atom. The van der Waals surface area contributed by atoms with Gasteiger partial charge in [0.2, 0.25) is 17.9 Å². The molecule has 0 spiro atoms. The lowest BCUT2D eigenvalue weighted by molar-refractivity contribution is -0.409. The molecule has 27 heteroatoms. The van der Waals surface area contributed by atoms with Crippen molar-refractivity contribution in [2.24, 2.45) is 0 Å². The molecule has 0 aromatic carbocycles.